The Labute approximate surface area is 180 Å². The van der Waals surface area contributed by atoms with Gasteiger partial charge in [0.05, 0.1) is 6.61 Å². The van der Waals surface area contributed by atoms with E-state index in [-0.39, 0.29) is 0 Å². The molecule has 1 saturated heterocycles. The molecule has 19 nitrogen and oxygen atoms in total. The van der Waals surface area contributed by atoms with Crippen LogP contribution >= 0.6 is 23.5 Å². The van der Waals surface area contributed by atoms with Crippen molar-refractivity contribution in [3.63, 3.8) is 0 Å². The Hall–Kier alpha value is -1.75. The van der Waals surface area contributed by atoms with Crippen LogP contribution in [0.3, 0.4) is 0 Å². The lowest BCUT2D eigenvalue weighted by Crippen LogP contribution is -2.48. The Morgan fingerprint density at radius 3 is 2.39 bits per heavy atom. The molecule has 0 aliphatic carbocycles. The molecule has 2 unspecified atom stereocenters. The predicted molar refractivity (Wildman–Crippen MR) is 98.9 cm³/mol. The second kappa shape index (κ2) is 9.85. The van der Waals surface area contributed by atoms with Crippen molar-refractivity contribution in [3.05, 3.63) is 43.5 Å². The second-order valence-corrected chi connectivity index (χ2v) is 10.6. The van der Waals surface area contributed by atoms with Crippen LogP contribution in [-0.2, 0) is 31.6 Å². The minimum Gasteiger partial charge on any atom is -0.389 e. The van der Waals surface area contributed by atoms with Gasteiger partial charge in [0.25, 0.3) is 5.56 Å². The SMILES string of the molecule is [N-]=[N+]=N[C@@H]1[C@H](n2ccc(=O)[nH]c2=O)O[C@](CF)(COP(=O)(O)OP(=O)(O)OP(=O)(O)O)[C@H]1O. The molecule has 1 aromatic heterocycles. The normalized spacial score (nSPS) is 29.1. The lowest BCUT2D eigenvalue weighted by Gasteiger charge is -2.29. The molecule has 186 valence electrons. The molecule has 6 atom stereocenters. The summed E-state index contributed by atoms with van der Waals surface area (Å²) >= 11 is 0. The van der Waals surface area contributed by atoms with Crippen LogP contribution in [0, 0.1) is 0 Å². The summed E-state index contributed by atoms with van der Waals surface area (Å²) in [6.45, 7) is -3.16. The second-order valence-electron chi connectivity index (χ2n) is 6.23. The number of nitrogens with one attached hydrogen (secondary N) is 1. The number of aromatic amines is 1. The fraction of sp³-hybridized carbons (Fsp3) is 0.600. The Bertz CT molecular complexity index is 1190. The molecule has 1 fully saturated rings. The lowest BCUT2D eigenvalue weighted by molar-refractivity contribution is -0.135. The number of hydrogen-bond donors (Lipinski definition) is 6. The zero-order valence-corrected chi connectivity index (χ0v) is 18.4. The monoisotopic (exact) mass is 541 g/mol. The largest absolute Gasteiger partial charge is 0.490 e. The molecule has 2 rings (SSSR count). The number of rotatable bonds is 10. The Morgan fingerprint density at radius 1 is 1.24 bits per heavy atom. The maximum atomic E-state index is 13.9. The fourth-order valence-corrected chi connectivity index (χ4v) is 5.71. The first-order valence-electron chi connectivity index (χ1n) is 8.11. The molecule has 0 bridgehead atoms. The molecule has 0 spiro atoms. The lowest BCUT2D eigenvalue weighted by atomic mass is 9.96. The molecule has 1 aliphatic rings. The number of aliphatic hydroxyl groups excluding tert-OH is 1. The summed E-state index contributed by atoms with van der Waals surface area (Å²) in [5, 5.41) is 13.6. The molecular weight excluding hydrogens is 526 g/mol. The zero-order chi connectivity index (χ0) is 25.2. The summed E-state index contributed by atoms with van der Waals surface area (Å²) in [6, 6.07) is -0.912. The number of aliphatic hydroxyl groups is 1. The van der Waals surface area contributed by atoms with E-state index in [9.17, 15) is 37.7 Å². The van der Waals surface area contributed by atoms with Crippen LogP contribution in [0.25, 0.3) is 10.4 Å². The summed E-state index contributed by atoms with van der Waals surface area (Å²) in [4.78, 5) is 63.2. The first-order valence-corrected chi connectivity index (χ1v) is 12.6. The van der Waals surface area contributed by atoms with Gasteiger partial charge in [0, 0.05) is 17.2 Å². The van der Waals surface area contributed by atoms with Crippen LogP contribution in [-0.4, -0.2) is 65.3 Å². The summed E-state index contributed by atoms with van der Waals surface area (Å²) in [5.41, 5.74) is 4.13. The van der Waals surface area contributed by atoms with E-state index in [0.29, 0.717) is 4.57 Å². The van der Waals surface area contributed by atoms with Crippen molar-refractivity contribution < 1.29 is 60.6 Å². The van der Waals surface area contributed by atoms with E-state index in [1.54, 1.807) is 0 Å². The smallest absolute Gasteiger partial charge is 0.389 e. The third-order valence-corrected chi connectivity index (χ3v) is 7.72. The van der Waals surface area contributed by atoms with Crippen molar-refractivity contribution >= 4 is 23.5 Å². The highest BCUT2D eigenvalue weighted by atomic mass is 31.3. The van der Waals surface area contributed by atoms with Gasteiger partial charge in [0.15, 0.2) is 0 Å². The number of H-pyrrole nitrogens is 1. The molecule has 0 aromatic carbocycles. The number of phosphoric acid groups is 3. The van der Waals surface area contributed by atoms with Crippen LogP contribution in [0.15, 0.2) is 27.0 Å². The standard InChI is InChI=1S/C10H15FN5O14P3/c11-3-10(4-27-32(23,24)30-33(25,26)29-31(20,21)22)7(18)6(14-15-12)8(28-10)16-2-1-5(17)13-9(16)19/h1-2,6-8,18H,3-4H2,(H,23,24)(H,25,26)(H,13,17,19)(H2,20,21,22)/t6-,7-,8+,10+/m0/s1. The van der Waals surface area contributed by atoms with E-state index in [2.05, 4.69) is 23.2 Å². The van der Waals surface area contributed by atoms with Crippen LogP contribution in [0.5, 0.6) is 0 Å². The molecule has 0 radical (unpaired) electrons. The van der Waals surface area contributed by atoms with Crippen molar-refractivity contribution in [1.82, 2.24) is 9.55 Å². The van der Waals surface area contributed by atoms with Gasteiger partial charge in [-0.05, 0) is 5.53 Å². The van der Waals surface area contributed by atoms with Crippen LogP contribution in [0.1, 0.15) is 6.23 Å². The van der Waals surface area contributed by atoms with E-state index < -0.39 is 72.0 Å². The number of ether oxygens (including phenoxy) is 1. The predicted octanol–water partition coefficient (Wildman–Crippen LogP) is -0.843. The third-order valence-electron chi connectivity index (χ3n) is 3.93. The summed E-state index contributed by atoms with van der Waals surface area (Å²) < 4.78 is 65.0. The summed E-state index contributed by atoms with van der Waals surface area (Å²) in [5.74, 6) is 0. The van der Waals surface area contributed by atoms with E-state index >= 15 is 0 Å². The van der Waals surface area contributed by atoms with Gasteiger partial charge in [-0.15, -0.1) is 0 Å². The number of phosphoric ester groups is 1. The molecule has 0 amide bonds. The molecule has 2 heterocycles. The van der Waals surface area contributed by atoms with Gasteiger partial charge in [-0.25, -0.2) is 22.9 Å². The van der Waals surface area contributed by atoms with Gasteiger partial charge < -0.3 is 29.4 Å². The summed E-state index contributed by atoms with van der Waals surface area (Å²) in [6.07, 6.45) is -3.07. The van der Waals surface area contributed by atoms with Crippen molar-refractivity contribution in [2.45, 2.75) is 24.0 Å². The summed E-state index contributed by atoms with van der Waals surface area (Å²) in [7, 11) is -17.3. The Morgan fingerprint density at radius 2 is 1.88 bits per heavy atom. The first-order chi connectivity index (χ1) is 15.0. The van der Waals surface area contributed by atoms with E-state index in [1.165, 1.54) is 0 Å². The number of aromatic nitrogens is 2. The molecule has 23 heteroatoms. The minimum atomic E-state index is -5.88. The molecule has 6 N–H and O–H groups in total. The van der Waals surface area contributed by atoms with Crippen molar-refractivity contribution in [1.29, 1.82) is 0 Å². The Kier molecular flexibility index (Phi) is 8.21. The van der Waals surface area contributed by atoms with Gasteiger partial charge in [-0.1, -0.05) is 5.11 Å². The number of alkyl halides is 1. The van der Waals surface area contributed by atoms with E-state index in [4.69, 9.17) is 24.9 Å². The minimum absolute atomic E-state index is 0.603. The number of nitrogens with zero attached hydrogens (tertiary/aromatic N) is 4. The van der Waals surface area contributed by atoms with Crippen molar-refractivity contribution in [2.24, 2.45) is 5.11 Å². The Balaban J connectivity index is 2.32. The highest BCUT2D eigenvalue weighted by molar-refractivity contribution is 7.66. The van der Waals surface area contributed by atoms with Crippen LogP contribution in [0.2, 0.25) is 0 Å². The van der Waals surface area contributed by atoms with Gasteiger partial charge in [0.2, 0.25) is 0 Å². The highest BCUT2D eigenvalue weighted by Crippen LogP contribution is 2.66. The average molecular weight is 541 g/mol. The van der Waals surface area contributed by atoms with Gasteiger partial charge >= 0.3 is 29.2 Å². The van der Waals surface area contributed by atoms with Crippen LogP contribution in [0.4, 0.5) is 4.39 Å². The van der Waals surface area contributed by atoms with Gasteiger partial charge in [0.1, 0.15) is 30.6 Å². The molecular formula is C10H15FN5O14P3. The molecule has 33 heavy (non-hydrogen) atoms. The number of azide groups is 1. The van der Waals surface area contributed by atoms with Gasteiger partial charge in [-0.2, -0.15) is 8.62 Å². The third kappa shape index (κ3) is 6.88. The number of hydrogen-bond acceptors (Lipinski definition) is 11. The number of halogens is 1. The van der Waals surface area contributed by atoms with E-state index in [0.717, 1.165) is 12.3 Å². The quantitative estimate of drug-likeness (QED) is 0.0911. The fourth-order valence-electron chi connectivity index (χ4n) is 2.64. The van der Waals surface area contributed by atoms with Crippen molar-refractivity contribution in [3.8, 4) is 0 Å². The topological polar surface area (TPSA) is 293 Å². The average Bonchev–Trinajstić information content (AvgIpc) is 2.90. The zero-order valence-electron chi connectivity index (χ0n) is 15.7. The van der Waals surface area contributed by atoms with E-state index in [1.807, 2.05) is 4.98 Å². The molecule has 1 aromatic rings. The van der Waals surface area contributed by atoms with Gasteiger partial charge in [-0.3, -0.25) is 18.9 Å². The van der Waals surface area contributed by atoms with Crippen molar-refractivity contribution in [2.75, 3.05) is 13.3 Å². The van der Waals surface area contributed by atoms with Crippen LogP contribution < -0.4 is 11.2 Å². The molecule has 1 aliphatic heterocycles. The highest BCUT2D eigenvalue weighted by Gasteiger charge is 2.57. The maximum absolute atomic E-state index is 13.9. The first kappa shape index (κ1) is 27.5. The maximum Gasteiger partial charge on any atom is 0.490 e. The molecule has 0 saturated carbocycles.